The van der Waals surface area contributed by atoms with Gasteiger partial charge in [-0.2, -0.15) is 0 Å². The Hall–Kier alpha value is -2.25. The van der Waals surface area contributed by atoms with Crippen molar-refractivity contribution in [3.8, 4) is 5.75 Å². The Morgan fingerprint density at radius 3 is 2.46 bits per heavy atom. The van der Waals surface area contributed by atoms with Crippen molar-refractivity contribution in [2.75, 3.05) is 11.3 Å². The first kappa shape index (κ1) is 22.0. The topological polar surface area (TPSA) is 84.5 Å². The third-order valence-corrected chi connectivity index (χ3v) is 5.67. The van der Waals surface area contributed by atoms with E-state index in [0.29, 0.717) is 22.0 Å². The normalized spacial score (nSPS) is 12.3. The van der Waals surface area contributed by atoms with E-state index in [1.807, 2.05) is 6.92 Å². The zero-order valence-electron chi connectivity index (χ0n) is 16.2. The smallest absolute Gasteiger partial charge is 0.261 e. The highest BCUT2D eigenvalue weighted by atomic mass is 35.5. The molecule has 2 aromatic rings. The van der Waals surface area contributed by atoms with Gasteiger partial charge in [-0.05, 0) is 68.3 Å². The van der Waals surface area contributed by atoms with E-state index in [1.54, 1.807) is 37.3 Å². The van der Waals surface area contributed by atoms with Crippen molar-refractivity contribution in [3.05, 3.63) is 53.1 Å². The van der Waals surface area contributed by atoms with Gasteiger partial charge in [0.05, 0.1) is 4.90 Å². The van der Waals surface area contributed by atoms with Crippen molar-refractivity contribution in [1.29, 1.82) is 0 Å². The summed E-state index contributed by atoms with van der Waals surface area (Å²) in [6.45, 7) is 5.61. The lowest BCUT2D eigenvalue weighted by Gasteiger charge is -2.15. The number of amides is 1. The van der Waals surface area contributed by atoms with Crippen molar-refractivity contribution in [2.45, 2.75) is 44.6 Å². The maximum atomic E-state index is 12.5. The van der Waals surface area contributed by atoms with Crippen LogP contribution in [0, 0.1) is 6.92 Å². The number of benzene rings is 2. The van der Waals surface area contributed by atoms with Gasteiger partial charge >= 0.3 is 0 Å². The van der Waals surface area contributed by atoms with Gasteiger partial charge in [-0.25, -0.2) is 8.42 Å². The molecule has 2 N–H and O–H groups in total. The average molecular weight is 425 g/mol. The molecule has 0 spiro atoms. The molecule has 0 heterocycles. The van der Waals surface area contributed by atoms with Crippen LogP contribution < -0.4 is 14.8 Å². The summed E-state index contributed by atoms with van der Waals surface area (Å²) in [6.07, 6.45) is 1.89. The Kier molecular flexibility index (Phi) is 7.71. The first-order valence-corrected chi connectivity index (χ1v) is 10.9. The minimum atomic E-state index is -3.75. The zero-order valence-corrected chi connectivity index (χ0v) is 17.7. The van der Waals surface area contributed by atoms with Crippen LogP contribution in [-0.4, -0.2) is 27.0 Å². The van der Waals surface area contributed by atoms with Gasteiger partial charge in [-0.15, -0.1) is 0 Å². The molecular weight excluding hydrogens is 400 g/mol. The molecule has 1 amide bonds. The predicted octanol–water partition coefficient (Wildman–Crippen LogP) is 4.13. The number of carbonyl (C=O) groups is 1. The van der Waals surface area contributed by atoms with Gasteiger partial charge in [0.25, 0.3) is 15.9 Å². The third-order valence-electron chi connectivity index (χ3n) is 4.04. The van der Waals surface area contributed by atoms with Crippen molar-refractivity contribution in [1.82, 2.24) is 5.32 Å². The first-order valence-electron chi connectivity index (χ1n) is 9.02. The highest BCUT2D eigenvalue weighted by molar-refractivity contribution is 7.92. The second-order valence-electron chi connectivity index (χ2n) is 6.59. The lowest BCUT2D eigenvalue weighted by atomic mass is 10.2. The van der Waals surface area contributed by atoms with E-state index in [0.717, 1.165) is 12.8 Å². The number of hydrogen-bond acceptors (Lipinski definition) is 4. The molecule has 6 nitrogen and oxygen atoms in total. The number of ether oxygens (including phenoxy) is 1. The van der Waals surface area contributed by atoms with E-state index >= 15 is 0 Å². The number of hydrogen-bond donors (Lipinski definition) is 2. The van der Waals surface area contributed by atoms with Gasteiger partial charge in [-0.1, -0.05) is 24.9 Å². The van der Waals surface area contributed by atoms with E-state index in [2.05, 4.69) is 17.0 Å². The van der Waals surface area contributed by atoms with Crippen molar-refractivity contribution in [3.63, 3.8) is 0 Å². The molecule has 0 unspecified atom stereocenters. The highest BCUT2D eigenvalue weighted by Crippen LogP contribution is 2.24. The summed E-state index contributed by atoms with van der Waals surface area (Å²) < 4.78 is 33.1. The molecule has 0 saturated carbocycles. The number of nitrogens with one attached hydrogen (secondary N) is 2. The van der Waals surface area contributed by atoms with E-state index < -0.39 is 10.0 Å². The molecule has 1 atom stereocenters. The fourth-order valence-electron chi connectivity index (χ4n) is 2.65. The lowest BCUT2D eigenvalue weighted by molar-refractivity contribution is -0.123. The maximum Gasteiger partial charge on any atom is 0.261 e. The van der Waals surface area contributed by atoms with Gasteiger partial charge in [-0.3, -0.25) is 9.52 Å². The lowest BCUT2D eigenvalue weighted by Crippen LogP contribution is -2.36. The quantitative estimate of drug-likeness (QED) is 0.633. The van der Waals surface area contributed by atoms with Crippen LogP contribution >= 0.6 is 11.6 Å². The molecule has 0 aromatic heterocycles. The summed E-state index contributed by atoms with van der Waals surface area (Å²) in [5, 5.41) is 3.38. The number of aryl methyl sites for hydroxylation is 1. The van der Waals surface area contributed by atoms with Crippen LogP contribution in [0.25, 0.3) is 0 Å². The molecule has 0 bridgehead atoms. The average Bonchev–Trinajstić information content (AvgIpc) is 2.62. The molecule has 8 heteroatoms. The summed E-state index contributed by atoms with van der Waals surface area (Å²) in [5.74, 6) is 0.255. The van der Waals surface area contributed by atoms with Crippen molar-refractivity contribution in [2.24, 2.45) is 0 Å². The second kappa shape index (κ2) is 9.80. The molecule has 0 radical (unpaired) electrons. The summed E-state index contributed by atoms with van der Waals surface area (Å²) >= 11 is 5.81. The van der Waals surface area contributed by atoms with Gasteiger partial charge in [0.2, 0.25) is 0 Å². The van der Waals surface area contributed by atoms with Crippen LogP contribution in [0.1, 0.15) is 32.3 Å². The monoisotopic (exact) mass is 424 g/mol. The molecule has 28 heavy (non-hydrogen) atoms. The second-order valence-corrected chi connectivity index (χ2v) is 8.70. The summed E-state index contributed by atoms with van der Waals surface area (Å²) in [6, 6.07) is 11.0. The third kappa shape index (κ3) is 6.42. The predicted molar refractivity (Wildman–Crippen MR) is 111 cm³/mol. The zero-order chi connectivity index (χ0) is 20.7. The number of anilines is 1. The summed E-state index contributed by atoms with van der Waals surface area (Å²) in [7, 11) is -3.75. The first-order chi connectivity index (χ1) is 13.2. The van der Waals surface area contributed by atoms with Crippen LogP contribution in [-0.2, 0) is 14.8 Å². The fourth-order valence-corrected chi connectivity index (χ4v) is 3.92. The van der Waals surface area contributed by atoms with Crippen LogP contribution in [0.5, 0.6) is 5.75 Å². The largest absolute Gasteiger partial charge is 0.484 e. The maximum absolute atomic E-state index is 12.5. The van der Waals surface area contributed by atoms with Crippen LogP contribution in [0.2, 0.25) is 5.02 Å². The standard InChI is InChI=1S/C20H25ClN2O4S/c1-4-5-15(3)22-20(24)13-27-19-11-10-18(12-14(19)2)28(25,26)23-17-8-6-16(21)7-9-17/h6-12,15,23H,4-5,13H2,1-3H3,(H,22,24)/t15-/m1/s1. The molecule has 152 valence electrons. The Morgan fingerprint density at radius 2 is 1.86 bits per heavy atom. The number of halogens is 1. The van der Waals surface area contributed by atoms with Gasteiger partial charge in [0.15, 0.2) is 6.61 Å². The molecule has 0 aliphatic rings. The Morgan fingerprint density at radius 1 is 1.18 bits per heavy atom. The minimum absolute atomic E-state index is 0.0914. The van der Waals surface area contributed by atoms with E-state index in [4.69, 9.17) is 16.3 Å². The van der Waals surface area contributed by atoms with E-state index in [1.165, 1.54) is 12.1 Å². The van der Waals surface area contributed by atoms with Crippen LogP contribution in [0.3, 0.4) is 0 Å². The molecule has 2 aromatic carbocycles. The van der Waals surface area contributed by atoms with Gasteiger partial charge < -0.3 is 10.1 Å². The Bertz CT molecular complexity index is 914. The summed E-state index contributed by atoms with van der Waals surface area (Å²) in [5.41, 5.74) is 1.04. The van der Waals surface area contributed by atoms with Crippen LogP contribution in [0.15, 0.2) is 47.4 Å². The highest BCUT2D eigenvalue weighted by Gasteiger charge is 2.16. The fraction of sp³-hybridized carbons (Fsp3) is 0.350. The molecule has 0 aliphatic heterocycles. The van der Waals surface area contributed by atoms with Gasteiger partial charge in [0, 0.05) is 16.8 Å². The van der Waals surface area contributed by atoms with Crippen LogP contribution in [0.4, 0.5) is 5.69 Å². The Labute approximate surface area is 171 Å². The molecule has 0 aliphatic carbocycles. The van der Waals surface area contributed by atoms with E-state index in [-0.39, 0.29) is 23.5 Å². The van der Waals surface area contributed by atoms with E-state index in [9.17, 15) is 13.2 Å². The van der Waals surface area contributed by atoms with Gasteiger partial charge in [0.1, 0.15) is 5.75 Å². The molecular formula is C20H25ClN2O4S. The molecule has 0 saturated heterocycles. The Balaban J connectivity index is 2.02. The minimum Gasteiger partial charge on any atom is -0.484 e. The van der Waals surface area contributed by atoms with Crippen molar-refractivity contribution >= 4 is 33.2 Å². The molecule has 2 rings (SSSR count). The number of rotatable bonds is 9. The number of carbonyl (C=O) groups excluding carboxylic acids is 1. The SMILES string of the molecule is CCC[C@@H](C)NC(=O)COc1ccc(S(=O)(=O)Nc2ccc(Cl)cc2)cc1C. The van der Waals surface area contributed by atoms with Crippen molar-refractivity contribution < 1.29 is 17.9 Å². The number of sulfonamides is 1. The summed E-state index contributed by atoms with van der Waals surface area (Å²) in [4.78, 5) is 12.0. The molecule has 0 fully saturated rings.